The molecule has 0 N–H and O–H groups in total. The second-order valence-corrected chi connectivity index (χ2v) is 5.70. The Bertz CT molecular complexity index is 586. The van der Waals surface area contributed by atoms with Crippen LogP contribution in [0.3, 0.4) is 0 Å². The standard InChI is InChI=1S/C17H16Cl2O3/c1-11-5-3-7-14(18)16(11)21-9-13(20)10-22-17-12(2)6-4-8-15(17)19/h3-8H,9-10H2,1-2H3. The first-order valence-corrected chi connectivity index (χ1v) is 7.52. The van der Waals surface area contributed by atoms with Gasteiger partial charge in [0.1, 0.15) is 11.5 Å². The second-order valence-electron chi connectivity index (χ2n) is 4.89. The zero-order valence-electron chi connectivity index (χ0n) is 12.4. The Morgan fingerprint density at radius 3 is 1.64 bits per heavy atom. The van der Waals surface area contributed by atoms with E-state index in [4.69, 9.17) is 32.7 Å². The molecule has 2 rings (SSSR count). The number of para-hydroxylation sites is 2. The van der Waals surface area contributed by atoms with E-state index in [1.54, 1.807) is 12.1 Å². The number of aryl methyl sites for hydroxylation is 2. The lowest BCUT2D eigenvalue weighted by molar-refractivity contribution is -0.123. The first kappa shape index (κ1) is 16.7. The fraction of sp³-hybridized carbons (Fsp3) is 0.235. The number of carbonyl (C=O) groups excluding carboxylic acids is 1. The summed E-state index contributed by atoms with van der Waals surface area (Å²) in [5.74, 6) is 0.844. The highest BCUT2D eigenvalue weighted by molar-refractivity contribution is 6.32. The van der Waals surface area contributed by atoms with Crippen molar-refractivity contribution in [3.8, 4) is 11.5 Å². The lowest BCUT2D eigenvalue weighted by Crippen LogP contribution is -2.20. The maximum atomic E-state index is 11.9. The van der Waals surface area contributed by atoms with Crippen molar-refractivity contribution in [1.29, 1.82) is 0 Å². The summed E-state index contributed by atoms with van der Waals surface area (Å²) in [6, 6.07) is 10.8. The lowest BCUT2D eigenvalue weighted by Gasteiger charge is -2.12. The second kappa shape index (κ2) is 7.52. The van der Waals surface area contributed by atoms with Crippen LogP contribution in [0.1, 0.15) is 11.1 Å². The third kappa shape index (κ3) is 4.15. The van der Waals surface area contributed by atoms with E-state index in [1.165, 1.54) is 0 Å². The molecule has 2 aromatic rings. The van der Waals surface area contributed by atoms with Crippen LogP contribution in [0.15, 0.2) is 36.4 Å². The Labute approximate surface area is 139 Å². The molecule has 0 aliphatic carbocycles. The molecule has 2 aromatic carbocycles. The Balaban J connectivity index is 1.91. The van der Waals surface area contributed by atoms with Gasteiger partial charge in [-0.1, -0.05) is 47.5 Å². The summed E-state index contributed by atoms with van der Waals surface area (Å²) in [6.07, 6.45) is 0. The molecule has 0 aliphatic heterocycles. The fourth-order valence-electron chi connectivity index (χ4n) is 1.95. The molecule has 0 radical (unpaired) electrons. The summed E-state index contributed by atoms with van der Waals surface area (Å²) in [5.41, 5.74) is 1.76. The summed E-state index contributed by atoms with van der Waals surface area (Å²) >= 11 is 12.1. The molecule has 5 heteroatoms. The van der Waals surface area contributed by atoms with Gasteiger partial charge in [-0.3, -0.25) is 4.79 Å². The van der Waals surface area contributed by atoms with Crippen molar-refractivity contribution in [1.82, 2.24) is 0 Å². The van der Waals surface area contributed by atoms with E-state index in [0.717, 1.165) is 11.1 Å². The van der Waals surface area contributed by atoms with Gasteiger partial charge in [-0.2, -0.15) is 0 Å². The summed E-state index contributed by atoms with van der Waals surface area (Å²) in [4.78, 5) is 11.9. The molecular weight excluding hydrogens is 323 g/mol. The van der Waals surface area contributed by atoms with Crippen molar-refractivity contribution in [2.75, 3.05) is 13.2 Å². The smallest absolute Gasteiger partial charge is 0.207 e. The Morgan fingerprint density at radius 1 is 0.864 bits per heavy atom. The molecule has 0 aliphatic rings. The maximum absolute atomic E-state index is 11.9. The summed E-state index contributed by atoms with van der Waals surface area (Å²) < 4.78 is 11.0. The van der Waals surface area contributed by atoms with Gasteiger partial charge in [-0.05, 0) is 37.1 Å². The number of ketones is 1. The van der Waals surface area contributed by atoms with Gasteiger partial charge in [0.05, 0.1) is 10.0 Å². The third-order valence-corrected chi connectivity index (χ3v) is 3.68. The van der Waals surface area contributed by atoms with Gasteiger partial charge >= 0.3 is 0 Å². The van der Waals surface area contributed by atoms with E-state index in [2.05, 4.69) is 0 Å². The Kier molecular flexibility index (Phi) is 5.69. The minimum Gasteiger partial charge on any atom is -0.484 e. The van der Waals surface area contributed by atoms with Crippen LogP contribution in [0.2, 0.25) is 10.0 Å². The van der Waals surface area contributed by atoms with Crippen molar-refractivity contribution in [2.45, 2.75) is 13.8 Å². The molecular formula is C17H16Cl2O3. The Hall–Kier alpha value is -1.71. The van der Waals surface area contributed by atoms with Gasteiger partial charge in [0.15, 0.2) is 13.2 Å². The van der Waals surface area contributed by atoms with Crippen LogP contribution in [0.4, 0.5) is 0 Å². The van der Waals surface area contributed by atoms with Crippen LogP contribution < -0.4 is 9.47 Å². The summed E-state index contributed by atoms with van der Waals surface area (Å²) in [7, 11) is 0. The number of hydrogen-bond donors (Lipinski definition) is 0. The largest absolute Gasteiger partial charge is 0.484 e. The van der Waals surface area contributed by atoms with Gasteiger partial charge in [0, 0.05) is 0 Å². The van der Waals surface area contributed by atoms with Crippen molar-refractivity contribution in [3.63, 3.8) is 0 Å². The van der Waals surface area contributed by atoms with Crippen molar-refractivity contribution in [2.24, 2.45) is 0 Å². The number of benzene rings is 2. The average molecular weight is 339 g/mol. The average Bonchev–Trinajstić information content (AvgIpc) is 2.46. The van der Waals surface area contributed by atoms with Crippen LogP contribution in [0, 0.1) is 13.8 Å². The van der Waals surface area contributed by atoms with Crippen molar-refractivity contribution >= 4 is 29.0 Å². The van der Waals surface area contributed by atoms with Gasteiger partial charge in [-0.25, -0.2) is 0 Å². The molecule has 116 valence electrons. The molecule has 0 fully saturated rings. The van der Waals surface area contributed by atoms with E-state index in [9.17, 15) is 4.79 Å². The number of ether oxygens (including phenoxy) is 2. The SMILES string of the molecule is Cc1cccc(Cl)c1OCC(=O)COc1c(C)cccc1Cl. The highest BCUT2D eigenvalue weighted by Gasteiger charge is 2.11. The molecule has 0 amide bonds. The monoisotopic (exact) mass is 338 g/mol. The number of rotatable bonds is 6. The molecule has 0 atom stereocenters. The van der Waals surface area contributed by atoms with Crippen molar-refractivity contribution in [3.05, 3.63) is 57.6 Å². The number of hydrogen-bond acceptors (Lipinski definition) is 3. The molecule has 0 heterocycles. The van der Waals surface area contributed by atoms with Crippen LogP contribution in [0.5, 0.6) is 11.5 Å². The topological polar surface area (TPSA) is 35.5 Å². The van der Waals surface area contributed by atoms with Crippen molar-refractivity contribution < 1.29 is 14.3 Å². The van der Waals surface area contributed by atoms with Gasteiger partial charge in [0.2, 0.25) is 5.78 Å². The normalized spacial score (nSPS) is 10.4. The summed E-state index contributed by atoms with van der Waals surface area (Å²) in [5, 5.41) is 0.964. The van der Waals surface area contributed by atoms with Gasteiger partial charge < -0.3 is 9.47 Å². The zero-order valence-corrected chi connectivity index (χ0v) is 13.9. The van der Waals surface area contributed by atoms with E-state index >= 15 is 0 Å². The van der Waals surface area contributed by atoms with E-state index in [0.29, 0.717) is 21.5 Å². The van der Waals surface area contributed by atoms with Gasteiger partial charge in [-0.15, -0.1) is 0 Å². The lowest BCUT2D eigenvalue weighted by atomic mass is 10.2. The third-order valence-electron chi connectivity index (χ3n) is 3.08. The predicted molar refractivity (Wildman–Crippen MR) is 88.4 cm³/mol. The predicted octanol–water partition coefficient (Wildman–Crippen LogP) is 4.64. The van der Waals surface area contributed by atoms with Crippen LogP contribution >= 0.6 is 23.2 Å². The molecule has 0 unspecified atom stereocenters. The highest BCUT2D eigenvalue weighted by atomic mass is 35.5. The fourth-order valence-corrected chi connectivity index (χ4v) is 2.50. The van der Waals surface area contributed by atoms with Gasteiger partial charge in [0.25, 0.3) is 0 Å². The maximum Gasteiger partial charge on any atom is 0.207 e. The van der Waals surface area contributed by atoms with Crippen LogP contribution in [-0.2, 0) is 4.79 Å². The quantitative estimate of drug-likeness (QED) is 0.769. The van der Waals surface area contributed by atoms with E-state index in [1.807, 2.05) is 38.1 Å². The molecule has 3 nitrogen and oxygen atoms in total. The van der Waals surface area contributed by atoms with Crippen LogP contribution in [0.25, 0.3) is 0 Å². The van der Waals surface area contributed by atoms with Crippen LogP contribution in [-0.4, -0.2) is 19.0 Å². The molecule has 22 heavy (non-hydrogen) atoms. The number of Topliss-reactive ketones (excluding diaryl/α,β-unsaturated/α-hetero) is 1. The molecule has 0 saturated heterocycles. The molecule has 0 bridgehead atoms. The minimum absolute atomic E-state index is 0.103. The van der Waals surface area contributed by atoms with E-state index in [-0.39, 0.29) is 19.0 Å². The highest BCUT2D eigenvalue weighted by Crippen LogP contribution is 2.29. The summed E-state index contributed by atoms with van der Waals surface area (Å²) in [6.45, 7) is 3.53. The first-order chi connectivity index (χ1) is 10.5. The number of halogens is 2. The molecule has 0 spiro atoms. The number of carbonyl (C=O) groups is 1. The minimum atomic E-state index is -0.196. The molecule has 0 aromatic heterocycles. The molecule has 0 saturated carbocycles. The zero-order chi connectivity index (χ0) is 16.1. The van der Waals surface area contributed by atoms with E-state index < -0.39 is 0 Å². The Morgan fingerprint density at radius 2 is 1.27 bits per heavy atom. The first-order valence-electron chi connectivity index (χ1n) is 6.76.